The number of thioether (sulfide) groups is 1. The summed E-state index contributed by atoms with van der Waals surface area (Å²) in [4.78, 5) is 16.4. The molecule has 2 heterocycles. The molecule has 0 saturated carbocycles. The number of carbonyl (C=O) groups excluding carboxylic acids is 1. The lowest BCUT2D eigenvalue weighted by Gasteiger charge is -2.35. The Hall–Kier alpha value is -1.60. The summed E-state index contributed by atoms with van der Waals surface area (Å²) in [6.07, 6.45) is 4.65. The van der Waals surface area contributed by atoms with Gasteiger partial charge in [0.2, 0.25) is 5.91 Å². The number of hydrogen-bond donors (Lipinski definition) is 3. The highest BCUT2D eigenvalue weighted by molar-refractivity contribution is 8.11. The molecule has 2 aliphatic rings. The first kappa shape index (κ1) is 25.0. The average molecular weight is 458 g/mol. The number of aliphatic hydroxyl groups is 1. The van der Waals surface area contributed by atoms with Crippen molar-refractivity contribution in [1.29, 1.82) is 0 Å². The van der Waals surface area contributed by atoms with E-state index in [1.165, 1.54) is 21.6 Å². The fourth-order valence-corrected chi connectivity index (χ4v) is 5.56. The third kappa shape index (κ3) is 6.25. The van der Waals surface area contributed by atoms with Crippen LogP contribution in [-0.2, 0) is 11.3 Å². The van der Waals surface area contributed by atoms with Crippen LogP contribution in [0.4, 0.5) is 0 Å². The van der Waals surface area contributed by atoms with Gasteiger partial charge in [-0.25, -0.2) is 0 Å². The molecule has 0 aliphatic carbocycles. The van der Waals surface area contributed by atoms with Gasteiger partial charge in [0.1, 0.15) is 0 Å². The van der Waals surface area contributed by atoms with Crippen molar-refractivity contribution < 1.29 is 9.90 Å². The largest absolute Gasteiger partial charge is 0.391 e. The normalized spacial score (nSPS) is 22.9. The van der Waals surface area contributed by atoms with Crippen LogP contribution < -0.4 is 10.6 Å². The molecular weight excluding hydrogens is 418 g/mol. The Morgan fingerprint density at radius 3 is 2.66 bits per heavy atom. The molecule has 1 amide bonds. The minimum absolute atomic E-state index is 0.0111. The third-order valence-electron chi connectivity index (χ3n) is 6.36. The lowest BCUT2D eigenvalue weighted by Crippen LogP contribution is -2.54. The molecular formula is C26H39N3O2S. The zero-order valence-corrected chi connectivity index (χ0v) is 21.0. The van der Waals surface area contributed by atoms with Crippen molar-refractivity contribution >= 4 is 22.6 Å². The summed E-state index contributed by atoms with van der Waals surface area (Å²) in [5.74, 6) is 0.0753. The second kappa shape index (κ2) is 11.0. The molecule has 3 atom stereocenters. The zero-order valence-electron chi connectivity index (χ0n) is 20.1. The number of amides is 1. The number of allylic oxidation sites excluding steroid dienone is 2. The van der Waals surface area contributed by atoms with Crippen molar-refractivity contribution in [2.24, 2.45) is 5.41 Å². The first-order valence-corrected chi connectivity index (χ1v) is 12.6. The van der Waals surface area contributed by atoms with Crippen LogP contribution in [0.25, 0.3) is 4.91 Å². The molecule has 0 radical (unpaired) electrons. The molecule has 6 heteroatoms. The van der Waals surface area contributed by atoms with Gasteiger partial charge in [0.25, 0.3) is 0 Å². The van der Waals surface area contributed by atoms with Gasteiger partial charge in [-0.3, -0.25) is 4.79 Å². The molecule has 1 fully saturated rings. The first-order chi connectivity index (χ1) is 15.2. The van der Waals surface area contributed by atoms with Crippen molar-refractivity contribution in [3.63, 3.8) is 0 Å². The topological polar surface area (TPSA) is 64.6 Å². The minimum atomic E-state index is -0.454. The Morgan fingerprint density at radius 2 is 2.00 bits per heavy atom. The summed E-state index contributed by atoms with van der Waals surface area (Å²) < 4.78 is 0. The van der Waals surface area contributed by atoms with Gasteiger partial charge in [-0.1, -0.05) is 68.4 Å². The average Bonchev–Trinajstić information content (AvgIpc) is 2.97. The molecule has 0 aromatic heterocycles. The predicted molar refractivity (Wildman–Crippen MR) is 135 cm³/mol. The summed E-state index contributed by atoms with van der Waals surface area (Å²) >= 11 is 1.81. The van der Waals surface area contributed by atoms with E-state index in [1.807, 2.05) is 23.7 Å². The highest BCUT2D eigenvalue weighted by Crippen LogP contribution is 2.35. The molecule has 1 aromatic carbocycles. The van der Waals surface area contributed by atoms with Crippen LogP contribution in [-0.4, -0.2) is 54.2 Å². The maximum atomic E-state index is 13.2. The van der Waals surface area contributed by atoms with Crippen molar-refractivity contribution in [2.45, 2.75) is 71.7 Å². The minimum Gasteiger partial charge on any atom is -0.391 e. The maximum Gasteiger partial charge on any atom is 0.240 e. The molecule has 0 bridgehead atoms. The number of nitrogens with zero attached hydrogens (tertiary/aromatic N) is 1. The lowest BCUT2D eigenvalue weighted by atomic mass is 9.86. The van der Waals surface area contributed by atoms with Gasteiger partial charge in [-0.15, -0.1) is 0 Å². The number of benzene rings is 1. The Balaban J connectivity index is 1.58. The molecule has 3 N–H and O–H groups in total. The summed E-state index contributed by atoms with van der Waals surface area (Å²) in [6, 6.07) is 8.52. The highest BCUT2D eigenvalue weighted by Gasteiger charge is 2.40. The van der Waals surface area contributed by atoms with Gasteiger partial charge in [-0.2, -0.15) is 0 Å². The smallest absolute Gasteiger partial charge is 0.240 e. The van der Waals surface area contributed by atoms with Gasteiger partial charge in [-0.05, 0) is 55.2 Å². The number of nitrogens with one attached hydrogen (secondary N) is 2. The van der Waals surface area contributed by atoms with Gasteiger partial charge in [0.05, 0.1) is 12.1 Å². The second-order valence-electron chi connectivity index (χ2n) is 10.1. The summed E-state index contributed by atoms with van der Waals surface area (Å²) in [6.45, 7) is 10.3. The quantitative estimate of drug-likeness (QED) is 0.574. The molecule has 176 valence electrons. The molecule has 0 unspecified atom stereocenters. The molecule has 1 aromatic rings. The molecule has 3 rings (SSSR count). The SMILES string of the molecule is CN[C@H](C(=O)N1C[C@@H](O)C[C@@H]1CNCc1ccc(C2=C(C)CCC=CS2)cc1)C(C)(C)C. The molecule has 2 aliphatic heterocycles. The third-order valence-corrected chi connectivity index (χ3v) is 7.51. The van der Waals surface area contributed by atoms with Crippen molar-refractivity contribution in [3.8, 4) is 0 Å². The van der Waals surface area contributed by atoms with E-state index in [2.05, 4.69) is 74.1 Å². The van der Waals surface area contributed by atoms with E-state index in [-0.39, 0.29) is 23.4 Å². The Morgan fingerprint density at radius 1 is 1.28 bits per heavy atom. The van der Waals surface area contributed by atoms with Crippen molar-refractivity contribution in [1.82, 2.24) is 15.5 Å². The van der Waals surface area contributed by atoms with Crippen LogP contribution in [0.3, 0.4) is 0 Å². The van der Waals surface area contributed by atoms with Crippen LogP contribution in [0, 0.1) is 5.41 Å². The number of carbonyl (C=O) groups is 1. The Labute approximate surface area is 197 Å². The number of β-amino-alcohol motifs (C(OH)–C–C–N with tert-alkyl or cyclic N) is 1. The van der Waals surface area contributed by atoms with Crippen molar-refractivity contribution in [2.75, 3.05) is 20.1 Å². The highest BCUT2D eigenvalue weighted by atomic mass is 32.2. The summed E-state index contributed by atoms with van der Waals surface area (Å²) in [5, 5.41) is 19.1. The predicted octanol–water partition coefficient (Wildman–Crippen LogP) is 4.14. The molecule has 0 spiro atoms. The zero-order chi connectivity index (χ0) is 23.3. The number of rotatable bonds is 7. The molecule has 5 nitrogen and oxygen atoms in total. The number of aliphatic hydroxyl groups excluding tert-OH is 1. The first-order valence-electron chi connectivity index (χ1n) is 11.7. The van der Waals surface area contributed by atoms with Crippen LogP contribution in [0.5, 0.6) is 0 Å². The fraction of sp³-hybridized carbons (Fsp3) is 0.577. The van der Waals surface area contributed by atoms with E-state index in [1.54, 1.807) is 0 Å². The van der Waals surface area contributed by atoms with E-state index in [0.29, 0.717) is 19.5 Å². The van der Waals surface area contributed by atoms with Gasteiger partial charge in [0.15, 0.2) is 0 Å². The van der Waals surface area contributed by atoms with Gasteiger partial charge in [0, 0.05) is 30.6 Å². The van der Waals surface area contributed by atoms with E-state index in [4.69, 9.17) is 0 Å². The van der Waals surface area contributed by atoms with Crippen LogP contribution in [0.1, 0.15) is 58.1 Å². The maximum absolute atomic E-state index is 13.2. The van der Waals surface area contributed by atoms with E-state index in [9.17, 15) is 9.90 Å². The standard InChI is InChI=1S/C26H39N3O2S/c1-18-8-6-7-13-32-23(18)20-11-9-19(10-12-20)15-28-16-21-14-22(30)17-29(21)25(31)24(27-5)26(2,3)4/h7,9-13,21-22,24,27-28,30H,6,8,14-17H2,1-5H3/t21-,22+,24-/m1/s1. The number of hydrogen-bond acceptors (Lipinski definition) is 5. The number of likely N-dealkylation sites (tertiary alicyclic amines) is 1. The van der Waals surface area contributed by atoms with Crippen molar-refractivity contribution in [3.05, 3.63) is 52.4 Å². The van der Waals surface area contributed by atoms with Crippen LogP contribution >= 0.6 is 11.8 Å². The summed E-state index contributed by atoms with van der Waals surface area (Å²) in [5.41, 5.74) is 3.77. The van der Waals surface area contributed by atoms with E-state index in [0.717, 1.165) is 19.4 Å². The molecule has 1 saturated heterocycles. The van der Waals surface area contributed by atoms with Crippen LogP contribution in [0.2, 0.25) is 0 Å². The second-order valence-corrected chi connectivity index (χ2v) is 11.0. The molecule has 32 heavy (non-hydrogen) atoms. The summed E-state index contributed by atoms with van der Waals surface area (Å²) in [7, 11) is 1.83. The van der Waals surface area contributed by atoms with Gasteiger partial charge >= 0.3 is 0 Å². The van der Waals surface area contributed by atoms with Gasteiger partial charge < -0.3 is 20.6 Å². The number of likely N-dealkylation sites (N-methyl/N-ethyl adjacent to an activating group) is 1. The monoisotopic (exact) mass is 457 g/mol. The van der Waals surface area contributed by atoms with E-state index < -0.39 is 6.10 Å². The van der Waals surface area contributed by atoms with E-state index >= 15 is 0 Å². The van der Waals surface area contributed by atoms with Crippen LogP contribution in [0.15, 0.2) is 41.3 Å². The fourth-order valence-electron chi connectivity index (χ4n) is 4.62. The lowest BCUT2D eigenvalue weighted by molar-refractivity contribution is -0.137. The Bertz CT molecular complexity index is 842. The Kier molecular flexibility index (Phi) is 8.62.